The number of benzene rings is 1. The Kier molecular flexibility index (Phi) is 5.22. The minimum absolute atomic E-state index is 0.401. The molecule has 3 atom stereocenters. The fourth-order valence-electron chi connectivity index (χ4n) is 3.23. The Bertz CT molecular complexity index is 455. The van der Waals surface area contributed by atoms with Crippen LogP contribution in [-0.4, -0.2) is 19.3 Å². The van der Waals surface area contributed by atoms with Gasteiger partial charge < -0.3 is 10.1 Å². The van der Waals surface area contributed by atoms with Crippen LogP contribution < -0.4 is 5.32 Å². The van der Waals surface area contributed by atoms with E-state index in [1.54, 1.807) is 0 Å². The smallest absolute Gasteiger partial charge is 0.0551 e. The standard InChI is InChI=1S/C18H29NO/c1-6-7-19-18(16-10-15(5)20-11-16)17-9-13(3)12(2)8-14(17)4/h8-9,15-16,18-19H,6-7,10-11H2,1-5H3. The lowest BCUT2D eigenvalue weighted by molar-refractivity contribution is 0.117. The second kappa shape index (κ2) is 6.73. The van der Waals surface area contributed by atoms with Gasteiger partial charge in [0.1, 0.15) is 0 Å². The van der Waals surface area contributed by atoms with E-state index in [1.165, 1.54) is 28.7 Å². The van der Waals surface area contributed by atoms with Crippen molar-refractivity contribution in [1.82, 2.24) is 5.32 Å². The lowest BCUT2D eigenvalue weighted by Gasteiger charge is -2.27. The molecule has 0 amide bonds. The first-order chi connectivity index (χ1) is 9.52. The van der Waals surface area contributed by atoms with Gasteiger partial charge in [0.25, 0.3) is 0 Å². The summed E-state index contributed by atoms with van der Waals surface area (Å²) < 4.78 is 5.80. The van der Waals surface area contributed by atoms with E-state index in [1.807, 2.05) is 0 Å². The van der Waals surface area contributed by atoms with Crippen LogP contribution in [0.5, 0.6) is 0 Å². The monoisotopic (exact) mass is 275 g/mol. The number of hydrogen-bond acceptors (Lipinski definition) is 2. The molecule has 0 aromatic heterocycles. The van der Waals surface area contributed by atoms with E-state index in [4.69, 9.17) is 4.74 Å². The maximum Gasteiger partial charge on any atom is 0.0551 e. The van der Waals surface area contributed by atoms with Gasteiger partial charge in [0.05, 0.1) is 12.7 Å². The number of aryl methyl sites for hydroxylation is 3. The van der Waals surface area contributed by atoms with Gasteiger partial charge in [0.2, 0.25) is 0 Å². The molecule has 1 N–H and O–H groups in total. The van der Waals surface area contributed by atoms with Gasteiger partial charge in [-0.05, 0) is 69.3 Å². The van der Waals surface area contributed by atoms with Crippen molar-refractivity contribution in [1.29, 1.82) is 0 Å². The molecule has 1 fully saturated rings. The summed E-state index contributed by atoms with van der Waals surface area (Å²) in [6, 6.07) is 5.13. The molecule has 1 aromatic rings. The van der Waals surface area contributed by atoms with Gasteiger partial charge in [-0.2, -0.15) is 0 Å². The molecule has 0 radical (unpaired) electrons. The minimum atomic E-state index is 0.401. The summed E-state index contributed by atoms with van der Waals surface area (Å²) in [7, 11) is 0. The molecule has 1 saturated heterocycles. The largest absolute Gasteiger partial charge is 0.378 e. The Hall–Kier alpha value is -0.860. The first-order valence-corrected chi connectivity index (χ1v) is 7.95. The van der Waals surface area contributed by atoms with E-state index in [9.17, 15) is 0 Å². The number of hydrogen-bond donors (Lipinski definition) is 1. The van der Waals surface area contributed by atoms with E-state index in [0.717, 1.165) is 19.6 Å². The first-order valence-electron chi connectivity index (χ1n) is 7.95. The van der Waals surface area contributed by atoms with Crippen molar-refractivity contribution in [2.75, 3.05) is 13.2 Å². The van der Waals surface area contributed by atoms with Gasteiger partial charge in [0.15, 0.2) is 0 Å². The highest BCUT2D eigenvalue weighted by molar-refractivity contribution is 5.38. The van der Waals surface area contributed by atoms with Gasteiger partial charge in [-0.1, -0.05) is 19.1 Å². The third kappa shape index (κ3) is 3.42. The Morgan fingerprint density at radius 3 is 2.50 bits per heavy atom. The normalized spacial score (nSPS) is 24.1. The summed E-state index contributed by atoms with van der Waals surface area (Å²) in [5.74, 6) is 0.595. The summed E-state index contributed by atoms with van der Waals surface area (Å²) in [6.07, 6.45) is 2.73. The number of ether oxygens (including phenoxy) is 1. The van der Waals surface area contributed by atoms with Gasteiger partial charge in [-0.15, -0.1) is 0 Å². The summed E-state index contributed by atoms with van der Waals surface area (Å²) in [5.41, 5.74) is 5.64. The van der Waals surface area contributed by atoms with Crippen molar-refractivity contribution in [3.63, 3.8) is 0 Å². The van der Waals surface area contributed by atoms with Crippen molar-refractivity contribution in [3.05, 3.63) is 34.4 Å². The zero-order valence-corrected chi connectivity index (χ0v) is 13.6. The molecule has 0 aliphatic carbocycles. The van der Waals surface area contributed by atoms with E-state index in [2.05, 4.69) is 52.1 Å². The van der Waals surface area contributed by atoms with Crippen LogP contribution in [0.25, 0.3) is 0 Å². The Balaban J connectivity index is 2.28. The molecule has 2 nitrogen and oxygen atoms in total. The van der Waals surface area contributed by atoms with Crippen LogP contribution in [0.2, 0.25) is 0 Å². The van der Waals surface area contributed by atoms with E-state index >= 15 is 0 Å². The molecule has 1 heterocycles. The summed E-state index contributed by atoms with van der Waals surface area (Å²) >= 11 is 0. The van der Waals surface area contributed by atoms with E-state index in [0.29, 0.717) is 18.1 Å². The molecule has 0 bridgehead atoms. The molecule has 2 heteroatoms. The molecule has 1 aliphatic heterocycles. The highest BCUT2D eigenvalue weighted by atomic mass is 16.5. The molecular weight excluding hydrogens is 246 g/mol. The van der Waals surface area contributed by atoms with Crippen LogP contribution >= 0.6 is 0 Å². The van der Waals surface area contributed by atoms with Crippen molar-refractivity contribution < 1.29 is 4.74 Å². The molecule has 0 saturated carbocycles. The minimum Gasteiger partial charge on any atom is -0.378 e. The quantitative estimate of drug-likeness (QED) is 0.874. The van der Waals surface area contributed by atoms with Crippen molar-refractivity contribution >= 4 is 0 Å². The summed E-state index contributed by atoms with van der Waals surface area (Å²) in [6.45, 7) is 13.0. The number of rotatable bonds is 5. The molecule has 20 heavy (non-hydrogen) atoms. The van der Waals surface area contributed by atoms with Crippen LogP contribution in [0.1, 0.15) is 55.0 Å². The van der Waals surface area contributed by atoms with Crippen LogP contribution in [-0.2, 0) is 4.74 Å². The molecule has 1 aromatic carbocycles. The molecular formula is C18H29NO. The van der Waals surface area contributed by atoms with Crippen LogP contribution in [0.3, 0.4) is 0 Å². The summed E-state index contributed by atoms with van der Waals surface area (Å²) in [4.78, 5) is 0. The van der Waals surface area contributed by atoms with Gasteiger partial charge in [0, 0.05) is 12.0 Å². The Morgan fingerprint density at radius 1 is 1.20 bits per heavy atom. The zero-order chi connectivity index (χ0) is 14.7. The van der Waals surface area contributed by atoms with Gasteiger partial charge >= 0.3 is 0 Å². The van der Waals surface area contributed by atoms with Crippen molar-refractivity contribution in [2.45, 2.75) is 59.6 Å². The highest BCUT2D eigenvalue weighted by Crippen LogP contribution is 2.34. The average molecular weight is 275 g/mol. The zero-order valence-electron chi connectivity index (χ0n) is 13.6. The molecule has 2 rings (SSSR count). The lowest BCUT2D eigenvalue weighted by atomic mass is 9.86. The first kappa shape index (κ1) is 15.5. The maximum atomic E-state index is 5.80. The third-order valence-electron chi connectivity index (χ3n) is 4.53. The van der Waals surface area contributed by atoms with E-state index in [-0.39, 0.29) is 0 Å². The Morgan fingerprint density at radius 2 is 1.90 bits per heavy atom. The molecule has 0 spiro atoms. The highest BCUT2D eigenvalue weighted by Gasteiger charge is 2.31. The predicted octanol–water partition coefficient (Wildman–Crippen LogP) is 4.08. The maximum absolute atomic E-state index is 5.80. The summed E-state index contributed by atoms with van der Waals surface area (Å²) in [5, 5.41) is 3.76. The second-order valence-corrected chi connectivity index (χ2v) is 6.36. The fraction of sp³-hybridized carbons (Fsp3) is 0.667. The molecule has 3 unspecified atom stereocenters. The lowest BCUT2D eigenvalue weighted by Crippen LogP contribution is -2.30. The fourth-order valence-corrected chi connectivity index (χ4v) is 3.23. The van der Waals surface area contributed by atoms with Crippen molar-refractivity contribution in [2.24, 2.45) is 5.92 Å². The average Bonchev–Trinajstić information content (AvgIpc) is 2.82. The molecule has 1 aliphatic rings. The topological polar surface area (TPSA) is 21.3 Å². The Labute approximate surface area is 123 Å². The van der Waals surface area contributed by atoms with Crippen LogP contribution in [0, 0.1) is 26.7 Å². The second-order valence-electron chi connectivity index (χ2n) is 6.36. The van der Waals surface area contributed by atoms with Crippen molar-refractivity contribution in [3.8, 4) is 0 Å². The third-order valence-corrected chi connectivity index (χ3v) is 4.53. The predicted molar refractivity (Wildman–Crippen MR) is 85.2 cm³/mol. The SMILES string of the molecule is CCCNC(c1cc(C)c(C)cc1C)C1COC(C)C1. The van der Waals surface area contributed by atoms with E-state index < -0.39 is 0 Å². The van der Waals surface area contributed by atoms with Gasteiger partial charge in [-0.25, -0.2) is 0 Å². The van der Waals surface area contributed by atoms with Gasteiger partial charge in [-0.3, -0.25) is 0 Å². The van der Waals surface area contributed by atoms with Crippen LogP contribution in [0.4, 0.5) is 0 Å². The molecule has 112 valence electrons. The number of nitrogens with one attached hydrogen (secondary N) is 1. The van der Waals surface area contributed by atoms with Crippen LogP contribution in [0.15, 0.2) is 12.1 Å².